The molecular formula is C19H20O2. The fourth-order valence-corrected chi connectivity index (χ4v) is 3.63. The third kappa shape index (κ3) is 2.46. The van der Waals surface area contributed by atoms with Crippen LogP contribution in [0.4, 0.5) is 0 Å². The zero-order valence-electron chi connectivity index (χ0n) is 12.3. The first-order valence-corrected chi connectivity index (χ1v) is 7.52. The van der Waals surface area contributed by atoms with Gasteiger partial charge in [-0.05, 0) is 30.4 Å². The summed E-state index contributed by atoms with van der Waals surface area (Å²) in [5.74, 6) is -0.196. The van der Waals surface area contributed by atoms with Gasteiger partial charge in [0.1, 0.15) is 6.10 Å². The van der Waals surface area contributed by atoms with Gasteiger partial charge in [-0.3, -0.25) is 4.79 Å². The highest BCUT2D eigenvalue weighted by Gasteiger charge is 2.47. The van der Waals surface area contributed by atoms with E-state index in [1.54, 1.807) is 0 Å². The van der Waals surface area contributed by atoms with Crippen molar-refractivity contribution in [3.8, 4) is 0 Å². The molecule has 0 heterocycles. The molecule has 1 aliphatic rings. The molecule has 0 bridgehead atoms. The Morgan fingerprint density at radius 1 is 1.00 bits per heavy atom. The monoisotopic (exact) mass is 280 g/mol. The van der Waals surface area contributed by atoms with Gasteiger partial charge in [0.2, 0.25) is 0 Å². The van der Waals surface area contributed by atoms with E-state index in [-0.39, 0.29) is 17.5 Å². The summed E-state index contributed by atoms with van der Waals surface area (Å²) < 4.78 is 5.70. The summed E-state index contributed by atoms with van der Waals surface area (Å²) in [4.78, 5) is 11.5. The molecule has 2 nitrogen and oxygen atoms in total. The van der Waals surface area contributed by atoms with E-state index in [0.29, 0.717) is 0 Å². The van der Waals surface area contributed by atoms with Crippen LogP contribution in [0.25, 0.3) is 0 Å². The zero-order chi connectivity index (χ0) is 14.7. The van der Waals surface area contributed by atoms with E-state index in [1.165, 1.54) is 18.1 Å². The van der Waals surface area contributed by atoms with Crippen LogP contribution in [-0.4, -0.2) is 12.1 Å². The van der Waals surface area contributed by atoms with Crippen molar-refractivity contribution < 1.29 is 9.53 Å². The van der Waals surface area contributed by atoms with Gasteiger partial charge in [0, 0.05) is 6.92 Å². The first-order valence-electron chi connectivity index (χ1n) is 7.52. The smallest absolute Gasteiger partial charge is 0.302 e. The van der Waals surface area contributed by atoms with Crippen LogP contribution >= 0.6 is 0 Å². The first-order chi connectivity index (χ1) is 10.2. The molecule has 0 aliphatic heterocycles. The van der Waals surface area contributed by atoms with Crippen molar-refractivity contribution in [2.75, 3.05) is 0 Å². The molecule has 0 aromatic heterocycles. The molecule has 0 spiro atoms. The van der Waals surface area contributed by atoms with E-state index in [1.807, 2.05) is 12.1 Å². The van der Waals surface area contributed by atoms with Gasteiger partial charge in [0.25, 0.3) is 0 Å². The molecule has 1 fully saturated rings. The van der Waals surface area contributed by atoms with E-state index in [4.69, 9.17) is 4.74 Å². The van der Waals surface area contributed by atoms with Gasteiger partial charge >= 0.3 is 5.97 Å². The van der Waals surface area contributed by atoms with Crippen molar-refractivity contribution in [3.63, 3.8) is 0 Å². The summed E-state index contributed by atoms with van der Waals surface area (Å²) in [5, 5.41) is 0. The summed E-state index contributed by atoms with van der Waals surface area (Å²) in [6.07, 6.45) is 2.92. The Hall–Kier alpha value is -2.09. The van der Waals surface area contributed by atoms with Crippen molar-refractivity contribution in [2.45, 2.75) is 37.7 Å². The molecule has 0 radical (unpaired) electrons. The number of esters is 1. The third-order valence-electron chi connectivity index (χ3n) is 4.47. The minimum atomic E-state index is -0.214. The van der Waals surface area contributed by atoms with Crippen molar-refractivity contribution in [1.29, 1.82) is 0 Å². The van der Waals surface area contributed by atoms with E-state index in [2.05, 4.69) is 48.5 Å². The minimum absolute atomic E-state index is 0.0835. The predicted octanol–water partition coefficient (Wildman–Crippen LogP) is 4.09. The number of carbonyl (C=O) groups excluding carboxylic acids is 1. The van der Waals surface area contributed by atoms with Crippen LogP contribution in [-0.2, 0) is 14.9 Å². The number of carbonyl (C=O) groups is 1. The standard InChI is InChI=1S/C19H20O2/c1-15(20)21-18-13-8-14-19(18,16-9-4-2-5-10-16)17-11-6-3-7-12-17/h2-7,9-12,18H,8,13-14H2,1H3/t18-/m0/s1. The number of hydrogen-bond donors (Lipinski definition) is 0. The second kappa shape index (κ2) is 5.72. The largest absolute Gasteiger partial charge is 0.461 e. The highest BCUT2D eigenvalue weighted by Crippen LogP contribution is 2.47. The van der Waals surface area contributed by atoms with Gasteiger partial charge in [0.15, 0.2) is 0 Å². The number of rotatable bonds is 3. The fourth-order valence-electron chi connectivity index (χ4n) is 3.63. The minimum Gasteiger partial charge on any atom is -0.461 e. The van der Waals surface area contributed by atoms with E-state index in [9.17, 15) is 4.79 Å². The maximum Gasteiger partial charge on any atom is 0.302 e. The normalized spacial score (nSPS) is 20.1. The number of hydrogen-bond acceptors (Lipinski definition) is 2. The van der Waals surface area contributed by atoms with Gasteiger partial charge in [-0.2, -0.15) is 0 Å². The summed E-state index contributed by atoms with van der Waals surface area (Å²) in [6, 6.07) is 20.9. The van der Waals surface area contributed by atoms with Crippen LogP contribution in [0.2, 0.25) is 0 Å². The summed E-state index contributed by atoms with van der Waals surface area (Å²) in [5.41, 5.74) is 2.26. The van der Waals surface area contributed by atoms with Crippen LogP contribution in [0.1, 0.15) is 37.3 Å². The average molecular weight is 280 g/mol. The van der Waals surface area contributed by atoms with Crippen molar-refractivity contribution in [3.05, 3.63) is 71.8 Å². The first kappa shape index (κ1) is 13.9. The van der Waals surface area contributed by atoms with Crippen molar-refractivity contribution in [1.82, 2.24) is 0 Å². The quantitative estimate of drug-likeness (QED) is 0.792. The van der Waals surface area contributed by atoms with Gasteiger partial charge < -0.3 is 4.74 Å². The van der Waals surface area contributed by atoms with Crippen LogP contribution in [0, 0.1) is 0 Å². The average Bonchev–Trinajstić information content (AvgIpc) is 2.93. The molecule has 2 aromatic carbocycles. The SMILES string of the molecule is CC(=O)O[C@H]1CCCC1(c1ccccc1)c1ccccc1. The summed E-state index contributed by atoms with van der Waals surface area (Å²) >= 11 is 0. The van der Waals surface area contributed by atoms with Gasteiger partial charge in [-0.1, -0.05) is 60.7 Å². The maximum atomic E-state index is 11.5. The highest BCUT2D eigenvalue weighted by atomic mass is 16.5. The molecule has 2 heteroatoms. The van der Waals surface area contributed by atoms with Crippen LogP contribution < -0.4 is 0 Å². The van der Waals surface area contributed by atoms with Gasteiger partial charge in [-0.25, -0.2) is 0 Å². The Balaban J connectivity index is 2.13. The van der Waals surface area contributed by atoms with Crippen LogP contribution in [0.5, 0.6) is 0 Å². The Labute approximate surface area is 125 Å². The zero-order valence-corrected chi connectivity index (χ0v) is 12.3. The Morgan fingerprint density at radius 3 is 2.00 bits per heavy atom. The molecule has 3 rings (SSSR count). The second-order valence-electron chi connectivity index (χ2n) is 5.69. The molecule has 0 unspecified atom stereocenters. The highest BCUT2D eigenvalue weighted by molar-refractivity contribution is 5.66. The lowest BCUT2D eigenvalue weighted by Gasteiger charge is -2.36. The van der Waals surface area contributed by atoms with E-state index in [0.717, 1.165) is 19.3 Å². The van der Waals surface area contributed by atoms with E-state index >= 15 is 0 Å². The Bertz CT molecular complexity index is 564. The third-order valence-corrected chi connectivity index (χ3v) is 4.47. The van der Waals surface area contributed by atoms with Crippen LogP contribution in [0.15, 0.2) is 60.7 Å². The molecule has 1 atom stereocenters. The van der Waals surface area contributed by atoms with Gasteiger partial charge in [-0.15, -0.1) is 0 Å². The van der Waals surface area contributed by atoms with E-state index < -0.39 is 0 Å². The molecule has 0 N–H and O–H groups in total. The number of benzene rings is 2. The van der Waals surface area contributed by atoms with Gasteiger partial charge in [0.05, 0.1) is 5.41 Å². The maximum absolute atomic E-state index is 11.5. The lowest BCUT2D eigenvalue weighted by molar-refractivity contribution is -0.148. The van der Waals surface area contributed by atoms with Crippen LogP contribution in [0.3, 0.4) is 0 Å². The Kier molecular flexibility index (Phi) is 3.78. The predicted molar refractivity (Wildman–Crippen MR) is 83.1 cm³/mol. The molecule has 1 aliphatic carbocycles. The number of ether oxygens (including phenoxy) is 1. The topological polar surface area (TPSA) is 26.3 Å². The van der Waals surface area contributed by atoms with Crippen molar-refractivity contribution >= 4 is 5.97 Å². The van der Waals surface area contributed by atoms with Crippen molar-refractivity contribution in [2.24, 2.45) is 0 Å². The lowest BCUT2D eigenvalue weighted by atomic mass is 9.71. The molecular weight excluding hydrogens is 260 g/mol. The molecule has 2 aromatic rings. The lowest BCUT2D eigenvalue weighted by Crippen LogP contribution is -2.38. The molecule has 0 amide bonds. The molecule has 108 valence electrons. The summed E-state index contributed by atoms with van der Waals surface area (Å²) in [6.45, 7) is 1.50. The fraction of sp³-hybridized carbons (Fsp3) is 0.316. The second-order valence-corrected chi connectivity index (χ2v) is 5.69. The molecule has 21 heavy (non-hydrogen) atoms. The summed E-state index contributed by atoms with van der Waals surface area (Å²) in [7, 11) is 0. The molecule has 0 saturated heterocycles. The Morgan fingerprint density at radius 2 is 1.52 bits per heavy atom. The molecule has 1 saturated carbocycles.